The Labute approximate surface area is 94.4 Å². The van der Waals surface area contributed by atoms with E-state index in [1.807, 2.05) is 11.6 Å². The van der Waals surface area contributed by atoms with Crippen molar-refractivity contribution in [3.63, 3.8) is 0 Å². The third kappa shape index (κ3) is 1.98. The van der Waals surface area contributed by atoms with Crippen LogP contribution in [0.4, 0.5) is 0 Å². The smallest absolute Gasteiger partial charge is 0.129 e. The fraction of sp³-hybridized carbons (Fsp3) is 0.545. The van der Waals surface area contributed by atoms with E-state index in [0.717, 1.165) is 29.9 Å². The monoisotopic (exact) mass is 220 g/mol. The van der Waals surface area contributed by atoms with Gasteiger partial charge in [-0.15, -0.1) is 0 Å². The highest BCUT2D eigenvalue weighted by atomic mass is 16.6. The standard InChI is InChI=1S/C11H16N4O/c1-4-9-6-10(5-2)15(12-9)7-11-8(3)13-16-14-11/h6H,4-5,7H2,1-3H3. The van der Waals surface area contributed by atoms with Crippen LogP contribution in [0.25, 0.3) is 0 Å². The molecule has 5 nitrogen and oxygen atoms in total. The van der Waals surface area contributed by atoms with Gasteiger partial charge in [-0.3, -0.25) is 4.68 Å². The van der Waals surface area contributed by atoms with Crippen molar-refractivity contribution in [1.29, 1.82) is 0 Å². The number of rotatable bonds is 4. The van der Waals surface area contributed by atoms with Gasteiger partial charge >= 0.3 is 0 Å². The molecule has 86 valence electrons. The quantitative estimate of drug-likeness (QED) is 0.787. The average Bonchev–Trinajstić information content (AvgIpc) is 2.86. The summed E-state index contributed by atoms with van der Waals surface area (Å²) < 4.78 is 6.66. The van der Waals surface area contributed by atoms with Crippen molar-refractivity contribution < 1.29 is 4.63 Å². The van der Waals surface area contributed by atoms with Crippen molar-refractivity contribution in [2.45, 2.75) is 40.2 Å². The lowest BCUT2D eigenvalue weighted by atomic mass is 10.2. The van der Waals surface area contributed by atoms with Crippen LogP contribution in [-0.2, 0) is 19.4 Å². The van der Waals surface area contributed by atoms with Gasteiger partial charge in [0.2, 0.25) is 0 Å². The molecule has 0 bridgehead atoms. The molecule has 0 saturated heterocycles. The number of nitrogens with zero attached hydrogens (tertiary/aromatic N) is 4. The van der Waals surface area contributed by atoms with E-state index in [4.69, 9.17) is 0 Å². The second-order valence-corrected chi connectivity index (χ2v) is 3.79. The first-order valence-electron chi connectivity index (χ1n) is 5.58. The second-order valence-electron chi connectivity index (χ2n) is 3.79. The SMILES string of the molecule is CCc1cc(CC)n(Cc2nonc2C)n1. The highest BCUT2D eigenvalue weighted by molar-refractivity contribution is 5.13. The fourth-order valence-electron chi connectivity index (χ4n) is 1.64. The molecule has 0 N–H and O–H groups in total. The molecule has 2 aromatic rings. The van der Waals surface area contributed by atoms with Crippen LogP contribution in [-0.4, -0.2) is 20.1 Å². The number of aromatic nitrogens is 4. The second kappa shape index (κ2) is 4.47. The number of aryl methyl sites for hydroxylation is 3. The molecule has 2 heterocycles. The third-order valence-corrected chi connectivity index (χ3v) is 2.68. The summed E-state index contributed by atoms with van der Waals surface area (Å²) in [5.41, 5.74) is 4.02. The minimum atomic E-state index is 0.637. The summed E-state index contributed by atoms with van der Waals surface area (Å²) in [6, 6.07) is 2.14. The Morgan fingerprint density at radius 3 is 2.62 bits per heavy atom. The Morgan fingerprint density at radius 2 is 2.06 bits per heavy atom. The van der Waals surface area contributed by atoms with E-state index in [9.17, 15) is 0 Å². The summed E-state index contributed by atoms with van der Waals surface area (Å²) >= 11 is 0. The molecule has 0 aliphatic carbocycles. The maximum absolute atomic E-state index is 4.68. The van der Waals surface area contributed by atoms with E-state index in [-0.39, 0.29) is 0 Å². The van der Waals surface area contributed by atoms with Crippen LogP contribution in [0, 0.1) is 6.92 Å². The minimum Gasteiger partial charge on any atom is -0.263 e. The molecule has 0 saturated carbocycles. The van der Waals surface area contributed by atoms with Gasteiger partial charge in [-0.25, -0.2) is 4.63 Å². The predicted molar refractivity (Wildman–Crippen MR) is 59.1 cm³/mol. The largest absolute Gasteiger partial charge is 0.263 e. The van der Waals surface area contributed by atoms with Gasteiger partial charge in [-0.05, 0) is 25.8 Å². The van der Waals surface area contributed by atoms with Gasteiger partial charge in [0.15, 0.2) is 0 Å². The molecule has 0 radical (unpaired) electrons. The van der Waals surface area contributed by atoms with E-state index in [1.165, 1.54) is 5.69 Å². The molecule has 16 heavy (non-hydrogen) atoms. The van der Waals surface area contributed by atoms with E-state index in [2.05, 4.69) is 40.0 Å². The van der Waals surface area contributed by atoms with Crippen LogP contribution >= 0.6 is 0 Å². The molecule has 2 rings (SSSR count). The number of hydrogen-bond donors (Lipinski definition) is 0. The molecule has 0 amide bonds. The molecule has 2 aromatic heterocycles. The maximum atomic E-state index is 4.68. The van der Waals surface area contributed by atoms with Gasteiger partial charge < -0.3 is 0 Å². The van der Waals surface area contributed by atoms with Crippen molar-refractivity contribution in [3.8, 4) is 0 Å². The fourth-order valence-corrected chi connectivity index (χ4v) is 1.64. The van der Waals surface area contributed by atoms with Crippen LogP contribution in [0.15, 0.2) is 10.7 Å². The van der Waals surface area contributed by atoms with Crippen molar-refractivity contribution in [1.82, 2.24) is 20.1 Å². The van der Waals surface area contributed by atoms with Gasteiger partial charge in [0.05, 0.1) is 12.2 Å². The molecular weight excluding hydrogens is 204 g/mol. The van der Waals surface area contributed by atoms with Crippen LogP contribution in [0.2, 0.25) is 0 Å². The van der Waals surface area contributed by atoms with Gasteiger partial charge in [-0.1, -0.05) is 24.2 Å². The molecule has 0 atom stereocenters. The first-order chi connectivity index (χ1) is 7.74. The lowest BCUT2D eigenvalue weighted by molar-refractivity contribution is 0.300. The third-order valence-electron chi connectivity index (χ3n) is 2.68. The predicted octanol–water partition coefficient (Wildman–Crippen LogP) is 1.75. The summed E-state index contributed by atoms with van der Waals surface area (Å²) in [5.74, 6) is 0. The molecule has 0 aromatic carbocycles. The zero-order chi connectivity index (χ0) is 11.5. The summed E-state index contributed by atoms with van der Waals surface area (Å²) in [6.07, 6.45) is 1.92. The zero-order valence-electron chi connectivity index (χ0n) is 9.90. The van der Waals surface area contributed by atoms with Crippen molar-refractivity contribution in [2.24, 2.45) is 0 Å². The van der Waals surface area contributed by atoms with Crippen LogP contribution in [0.1, 0.15) is 36.6 Å². The Hall–Kier alpha value is -1.65. The topological polar surface area (TPSA) is 56.7 Å². The lowest BCUT2D eigenvalue weighted by Crippen LogP contribution is -2.07. The number of hydrogen-bond acceptors (Lipinski definition) is 4. The molecule has 0 spiro atoms. The summed E-state index contributed by atoms with van der Waals surface area (Å²) in [6.45, 7) is 6.76. The Morgan fingerprint density at radius 1 is 1.25 bits per heavy atom. The van der Waals surface area contributed by atoms with Gasteiger partial charge in [0, 0.05) is 5.69 Å². The molecule has 0 aliphatic rings. The van der Waals surface area contributed by atoms with Crippen LogP contribution in [0.3, 0.4) is 0 Å². The van der Waals surface area contributed by atoms with Gasteiger partial charge in [0.25, 0.3) is 0 Å². The normalized spacial score (nSPS) is 10.9. The summed E-state index contributed by atoms with van der Waals surface area (Å²) in [5, 5.41) is 12.2. The molecule has 0 fully saturated rings. The summed E-state index contributed by atoms with van der Waals surface area (Å²) in [4.78, 5) is 0. The highest BCUT2D eigenvalue weighted by Crippen LogP contribution is 2.10. The molecule has 0 aliphatic heterocycles. The Kier molecular flexibility index (Phi) is 3.03. The van der Waals surface area contributed by atoms with Crippen LogP contribution < -0.4 is 0 Å². The van der Waals surface area contributed by atoms with E-state index in [0.29, 0.717) is 6.54 Å². The van der Waals surface area contributed by atoms with Gasteiger partial charge in [0.1, 0.15) is 11.4 Å². The first-order valence-corrected chi connectivity index (χ1v) is 5.58. The van der Waals surface area contributed by atoms with Crippen molar-refractivity contribution in [2.75, 3.05) is 0 Å². The molecular formula is C11H16N4O. The van der Waals surface area contributed by atoms with Gasteiger partial charge in [-0.2, -0.15) is 5.10 Å². The minimum absolute atomic E-state index is 0.637. The van der Waals surface area contributed by atoms with Crippen LogP contribution in [0.5, 0.6) is 0 Å². The highest BCUT2D eigenvalue weighted by Gasteiger charge is 2.10. The first kappa shape index (κ1) is 10.9. The van der Waals surface area contributed by atoms with E-state index in [1.54, 1.807) is 0 Å². The summed E-state index contributed by atoms with van der Waals surface area (Å²) in [7, 11) is 0. The lowest BCUT2D eigenvalue weighted by Gasteiger charge is -2.02. The van der Waals surface area contributed by atoms with E-state index < -0.39 is 0 Å². The Balaban J connectivity index is 2.26. The molecule has 5 heteroatoms. The van der Waals surface area contributed by atoms with E-state index >= 15 is 0 Å². The molecule has 0 unspecified atom stereocenters. The average molecular weight is 220 g/mol. The maximum Gasteiger partial charge on any atom is 0.129 e. The zero-order valence-corrected chi connectivity index (χ0v) is 9.90. The Bertz CT molecular complexity index is 472. The van der Waals surface area contributed by atoms with Crippen molar-refractivity contribution >= 4 is 0 Å². The van der Waals surface area contributed by atoms with Crippen molar-refractivity contribution in [3.05, 3.63) is 28.8 Å².